The number of hydrogen-bond acceptors (Lipinski definition) is 5. The number of ether oxygens (including phenoxy) is 1. The number of anilines is 1. The Morgan fingerprint density at radius 1 is 1.05 bits per heavy atom. The van der Waals surface area contributed by atoms with Gasteiger partial charge in [-0.3, -0.25) is 13.9 Å². The smallest absolute Gasteiger partial charge is 0.244 e. The van der Waals surface area contributed by atoms with E-state index in [9.17, 15) is 18.0 Å². The molecule has 0 aliphatic rings. The van der Waals surface area contributed by atoms with Crippen molar-refractivity contribution >= 4 is 62.3 Å². The van der Waals surface area contributed by atoms with Crippen molar-refractivity contribution in [1.82, 2.24) is 10.2 Å². The van der Waals surface area contributed by atoms with Gasteiger partial charge in [0.25, 0.3) is 0 Å². The van der Waals surface area contributed by atoms with Gasteiger partial charge >= 0.3 is 0 Å². The molecule has 0 fully saturated rings. The van der Waals surface area contributed by atoms with E-state index in [1.54, 1.807) is 25.1 Å². The Labute approximate surface area is 233 Å². The van der Waals surface area contributed by atoms with Gasteiger partial charge < -0.3 is 15.0 Å². The van der Waals surface area contributed by atoms with Crippen molar-refractivity contribution < 1.29 is 22.7 Å². The van der Waals surface area contributed by atoms with Gasteiger partial charge in [-0.15, -0.1) is 0 Å². The fourth-order valence-corrected chi connectivity index (χ4v) is 5.31. The molecule has 0 spiro atoms. The highest BCUT2D eigenvalue weighted by Gasteiger charge is 2.32. The normalized spacial score (nSPS) is 12.1. The van der Waals surface area contributed by atoms with Crippen LogP contribution >= 0.6 is 34.8 Å². The number of nitrogens with one attached hydrogen (secondary N) is 1. The molecule has 2 aromatic rings. The number of carbonyl (C=O) groups excluding carboxylic acids is 2. The van der Waals surface area contributed by atoms with Gasteiger partial charge in [0.15, 0.2) is 0 Å². The predicted octanol–water partition coefficient (Wildman–Crippen LogP) is 5.15. The fourth-order valence-electron chi connectivity index (χ4n) is 3.70. The highest BCUT2D eigenvalue weighted by Crippen LogP contribution is 2.31. The molecule has 204 valence electrons. The quantitative estimate of drug-likeness (QED) is 0.325. The number of carbonyl (C=O) groups is 2. The van der Waals surface area contributed by atoms with Gasteiger partial charge in [-0.05, 0) is 43.2 Å². The van der Waals surface area contributed by atoms with E-state index in [2.05, 4.69) is 5.32 Å². The molecule has 12 heteroatoms. The van der Waals surface area contributed by atoms with Crippen molar-refractivity contribution in [2.24, 2.45) is 0 Å². The van der Waals surface area contributed by atoms with E-state index in [4.69, 9.17) is 39.5 Å². The van der Waals surface area contributed by atoms with Crippen molar-refractivity contribution in [2.45, 2.75) is 45.7 Å². The van der Waals surface area contributed by atoms with Crippen LogP contribution in [0.2, 0.25) is 15.1 Å². The molecule has 8 nitrogen and oxygen atoms in total. The number of rotatable bonds is 13. The number of hydrogen-bond donors (Lipinski definition) is 1. The maximum atomic E-state index is 13.7. The zero-order valence-corrected chi connectivity index (χ0v) is 24.3. The predicted molar refractivity (Wildman–Crippen MR) is 149 cm³/mol. The molecule has 0 saturated carbocycles. The van der Waals surface area contributed by atoms with Gasteiger partial charge in [-0.2, -0.15) is 0 Å². The Kier molecular flexibility index (Phi) is 11.8. The van der Waals surface area contributed by atoms with Crippen LogP contribution in [0.5, 0.6) is 5.75 Å². The van der Waals surface area contributed by atoms with E-state index in [0.717, 1.165) is 23.4 Å². The van der Waals surface area contributed by atoms with Crippen LogP contribution in [0.15, 0.2) is 36.4 Å². The Balaban J connectivity index is 2.49. The number of unbranched alkanes of at least 4 members (excludes halogenated alkanes) is 1. The lowest BCUT2D eigenvalue weighted by Gasteiger charge is -2.33. The third-order valence-electron chi connectivity index (χ3n) is 5.71. The van der Waals surface area contributed by atoms with Crippen molar-refractivity contribution in [2.75, 3.05) is 30.8 Å². The zero-order chi connectivity index (χ0) is 27.8. The second-order valence-corrected chi connectivity index (χ2v) is 11.5. The summed E-state index contributed by atoms with van der Waals surface area (Å²) in [5.41, 5.74) is 0.634. The summed E-state index contributed by atoms with van der Waals surface area (Å²) < 4.78 is 31.5. The van der Waals surface area contributed by atoms with E-state index >= 15 is 0 Å². The van der Waals surface area contributed by atoms with Crippen LogP contribution in [0, 0.1) is 0 Å². The molecule has 2 rings (SSSR count). The summed E-state index contributed by atoms with van der Waals surface area (Å²) in [7, 11) is -2.47. The number of benzene rings is 2. The molecular formula is C25H32Cl3N3O5S. The summed E-state index contributed by atoms with van der Waals surface area (Å²) in [6, 6.07) is 8.47. The molecule has 0 aliphatic carbocycles. The number of methoxy groups -OCH3 is 1. The molecule has 0 aromatic heterocycles. The van der Waals surface area contributed by atoms with E-state index in [-0.39, 0.29) is 23.2 Å². The van der Waals surface area contributed by atoms with Gasteiger partial charge in [0.05, 0.1) is 24.1 Å². The van der Waals surface area contributed by atoms with Crippen LogP contribution in [0.3, 0.4) is 0 Å². The van der Waals surface area contributed by atoms with Crippen molar-refractivity contribution in [1.29, 1.82) is 0 Å². The van der Waals surface area contributed by atoms with Crippen LogP contribution in [-0.2, 0) is 26.2 Å². The van der Waals surface area contributed by atoms with Crippen LogP contribution < -0.4 is 14.4 Å². The maximum Gasteiger partial charge on any atom is 0.244 e. The van der Waals surface area contributed by atoms with Crippen LogP contribution in [0.25, 0.3) is 0 Å². The first-order chi connectivity index (χ1) is 17.4. The molecule has 37 heavy (non-hydrogen) atoms. The third kappa shape index (κ3) is 8.40. The topological polar surface area (TPSA) is 96.0 Å². The van der Waals surface area contributed by atoms with Crippen LogP contribution in [0.4, 0.5) is 5.69 Å². The largest absolute Gasteiger partial charge is 0.495 e. The molecule has 2 aromatic carbocycles. The number of nitrogens with zero attached hydrogens (tertiary/aromatic N) is 2. The lowest BCUT2D eigenvalue weighted by molar-refractivity contribution is -0.140. The summed E-state index contributed by atoms with van der Waals surface area (Å²) in [6.07, 6.45) is 2.96. The molecule has 0 aliphatic heterocycles. The first kappa shape index (κ1) is 31.0. The Bertz CT molecular complexity index is 1190. The molecule has 0 radical (unpaired) electrons. The summed E-state index contributed by atoms with van der Waals surface area (Å²) in [6.45, 7) is 3.58. The average molecular weight is 593 g/mol. The molecular weight excluding hydrogens is 561 g/mol. The highest BCUT2D eigenvalue weighted by atomic mass is 35.5. The van der Waals surface area contributed by atoms with E-state index in [1.807, 2.05) is 6.92 Å². The van der Waals surface area contributed by atoms with Gasteiger partial charge in [-0.1, -0.05) is 61.1 Å². The lowest BCUT2D eigenvalue weighted by Crippen LogP contribution is -2.52. The Morgan fingerprint density at radius 2 is 1.70 bits per heavy atom. The van der Waals surface area contributed by atoms with Gasteiger partial charge in [-0.25, -0.2) is 8.42 Å². The summed E-state index contributed by atoms with van der Waals surface area (Å²) in [5.74, 6) is -0.591. The summed E-state index contributed by atoms with van der Waals surface area (Å²) in [5, 5.41) is 3.70. The molecule has 0 heterocycles. The average Bonchev–Trinajstić information content (AvgIpc) is 2.83. The molecule has 2 amide bonds. The van der Waals surface area contributed by atoms with E-state index in [1.165, 1.54) is 30.2 Å². The molecule has 1 atom stereocenters. The Hall–Kier alpha value is -2.20. The molecule has 0 saturated heterocycles. The molecule has 1 unspecified atom stereocenters. The van der Waals surface area contributed by atoms with Crippen molar-refractivity contribution in [3.05, 3.63) is 57.0 Å². The minimum atomic E-state index is -3.91. The fraction of sp³-hybridized carbons (Fsp3) is 0.440. The van der Waals surface area contributed by atoms with Gasteiger partial charge in [0, 0.05) is 28.7 Å². The SMILES string of the molecule is CCCCNC(=O)C(CC)N(Cc1c(Cl)cccc1Cl)C(=O)CN(c1ccc(OC)c(Cl)c1)S(C)(=O)=O. The first-order valence-electron chi connectivity index (χ1n) is 11.8. The monoisotopic (exact) mass is 591 g/mol. The number of halogens is 3. The van der Waals surface area contributed by atoms with Crippen LogP contribution in [-0.4, -0.2) is 57.6 Å². The second-order valence-electron chi connectivity index (χ2n) is 8.38. The third-order valence-corrected chi connectivity index (χ3v) is 7.85. The Morgan fingerprint density at radius 3 is 2.22 bits per heavy atom. The van der Waals surface area contributed by atoms with E-state index < -0.39 is 28.5 Å². The highest BCUT2D eigenvalue weighted by molar-refractivity contribution is 7.92. The van der Waals surface area contributed by atoms with Gasteiger partial charge in [0.1, 0.15) is 18.3 Å². The number of amides is 2. The molecule has 1 N–H and O–H groups in total. The summed E-state index contributed by atoms with van der Waals surface area (Å²) >= 11 is 19.0. The van der Waals surface area contributed by atoms with E-state index in [0.29, 0.717) is 34.3 Å². The summed E-state index contributed by atoms with van der Waals surface area (Å²) in [4.78, 5) is 28.1. The van der Waals surface area contributed by atoms with Gasteiger partial charge in [0.2, 0.25) is 21.8 Å². The first-order valence-corrected chi connectivity index (χ1v) is 14.7. The van der Waals surface area contributed by atoms with Crippen LogP contribution in [0.1, 0.15) is 38.7 Å². The maximum absolute atomic E-state index is 13.7. The minimum absolute atomic E-state index is 0.0853. The van der Waals surface area contributed by atoms with Crippen molar-refractivity contribution in [3.8, 4) is 5.75 Å². The lowest BCUT2D eigenvalue weighted by atomic mass is 10.1. The standard InChI is InChI=1S/C25H32Cl3N3O5S/c1-5-7-13-29-25(33)22(6-2)30(15-18-19(26)9-8-10-20(18)27)24(32)16-31(37(4,34)35)17-11-12-23(36-3)21(28)14-17/h8-12,14,22H,5-7,13,15-16H2,1-4H3,(H,29,33). The zero-order valence-electron chi connectivity index (χ0n) is 21.3. The molecule has 0 bridgehead atoms. The second kappa shape index (κ2) is 14.1. The minimum Gasteiger partial charge on any atom is -0.495 e. The van der Waals surface area contributed by atoms with Crippen molar-refractivity contribution in [3.63, 3.8) is 0 Å². The number of sulfonamides is 1.